The summed E-state index contributed by atoms with van der Waals surface area (Å²) < 4.78 is 149. The molecule has 1 saturated carbocycles. The molecule has 0 radical (unpaired) electrons. The normalized spacial score (nSPS) is 17.6. The zero-order valence-corrected chi connectivity index (χ0v) is 35.4. The number of anilines is 1. The van der Waals surface area contributed by atoms with Gasteiger partial charge in [0, 0.05) is 43.0 Å². The molecule has 0 aliphatic heterocycles. The van der Waals surface area contributed by atoms with Crippen molar-refractivity contribution in [2.75, 3.05) is 18.6 Å². The third kappa shape index (κ3) is 8.85. The Morgan fingerprint density at radius 2 is 1.78 bits per heavy atom. The van der Waals surface area contributed by atoms with Gasteiger partial charge in [0.05, 0.1) is 45.2 Å². The predicted molar refractivity (Wildman–Crippen MR) is 218 cm³/mol. The number of amidine groups is 1. The van der Waals surface area contributed by atoms with E-state index in [4.69, 9.17) is 17.3 Å². The van der Waals surface area contributed by atoms with Crippen molar-refractivity contribution in [2.45, 2.75) is 76.3 Å². The largest absolute Gasteiger partial charge is 0.386 e. The molecule has 2 aliphatic rings. The number of carbonyl (C=O) groups is 1. The van der Waals surface area contributed by atoms with Crippen LogP contribution in [-0.2, 0) is 39.6 Å². The summed E-state index contributed by atoms with van der Waals surface area (Å²) >= 11 is 6.50. The van der Waals surface area contributed by atoms with Crippen LogP contribution in [0.25, 0.3) is 16.6 Å². The van der Waals surface area contributed by atoms with Crippen molar-refractivity contribution in [1.29, 1.82) is 0 Å². The number of rotatable bonds is 15. The van der Waals surface area contributed by atoms with Gasteiger partial charge in [0.15, 0.2) is 0 Å². The zero-order valence-electron chi connectivity index (χ0n) is 33.8. The maximum atomic E-state index is 15.7. The minimum Gasteiger partial charge on any atom is -0.386 e. The molecule has 12 nitrogen and oxygen atoms in total. The molecule has 7 rings (SSSR count). The van der Waals surface area contributed by atoms with Gasteiger partial charge < -0.3 is 16.4 Å². The molecule has 0 saturated heterocycles. The molecule has 63 heavy (non-hydrogen) atoms. The Balaban J connectivity index is 1.46. The van der Waals surface area contributed by atoms with Crippen LogP contribution in [0.15, 0.2) is 57.7 Å². The SMILES string of the molecule is CNc1c(-n2c([C@H](Cc3cc(F)cc(F)c3)NC(=O)Cn3nc(C(F)F)c4c3C(F)(F)[C@@H]3C[C@H]43)nc3cc(C(F)(F)CCC(C)C)ccc3c2=O)ccc(Cl)c1C(N)=NS(C)(=O)=O. The standard InChI is InChI=1S/C41H39ClF8N8O4S/c1-18(2)9-10-40(47,48)20-5-6-23-27(14-20)54-38(58(39(23)60)29-8-7-26(42)32(33(29)52-3)37(51)56-63(4,61)62)28(13-19-11-21(43)15-22(44)12-19)53-30(59)17-57-35-31(34(55-57)36(45)46)24-16-25(24)41(35,49)50/h5-8,11-12,14-15,18,24-25,28,36,52H,9-10,13,16-17H2,1-4H3,(H2,51,56)(H,53,59)/t24-,25+,28-/m0/s1. The minimum atomic E-state index is -4.14. The maximum Gasteiger partial charge on any atom is 0.293 e. The van der Waals surface area contributed by atoms with Gasteiger partial charge in [-0.2, -0.15) is 13.9 Å². The van der Waals surface area contributed by atoms with Crippen molar-refractivity contribution in [1.82, 2.24) is 24.6 Å². The van der Waals surface area contributed by atoms with Crippen LogP contribution in [0.4, 0.5) is 40.8 Å². The topological polar surface area (TPSA) is 166 Å². The Morgan fingerprint density at radius 1 is 1.10 bits per heavy atom. The van der Waals surface area contributed by atoms with Gasteiger partial charge in [-0.15, -0.1) is 4.40 Å². The number of hydrogen-bond acceptors (Lipinski definition) is 7. The van der Waals surface area contributed by atoms with Crippen molar-refractivity contribution in [3.05, 3.63) is 115 Å². The lowest BCUT2D eigenvalue weighted by molar-refractivity contribution is -0.123. The van der Waals surface area contributed by atoms with Gasteiger partial charge in [-0.1, -0.05) is 31.5 Å². The summed E-state index contributed by atoms with van der Waals surface area (Å²) in [5.74, 6) is -13.6. The highest BCUT2D eigenvalue weighted by molar-refractivity contribution is 7.89. The van der Waals surface area contributed by atoms with Crippen LogP contribution in [0.5, 0.6) is 0 Å². The van der Waals surface area contributed by atoms with Crippen molar-refractivity contribution >= 4 is 50.0 Å². The Hall–Kier alpha value is -5.57. The number of halogens is 9. The van der Waals surface area contributed by atoms with Crippen LogP contribution in [0, 0.1) is 23.5 Å². The third-order valence-electron chi connectivity index (χ3n) is 11.0. The number of fused-ring (bicyclic) bond motifs is 4. The molecular weight excluding hydrogens is 888 g/mol. The molecule has 2 aromatic heterocycles. The Bertz CT molecular complexity index is 2850. The molecule has 0 unspecified atom stereocenters. The second-order valence-corrected chi connectivity index (χ2v) is 18.1. The predicted octanol–water partition coefficient (Wildman–Crippen LogP) is 8.00. The first kappa shape index (κ1) is 45.5. The molecular formula is C41H39ClF8N8O4S. The highest BCUT2D eigenvalue weighted by atomic mass is 35.5. The molecule has 2 heterocycles. The van der Waals surface area contributed by atoms with E-state index in [1.807, 2.05) is 0 Å². The fraction of sp³-hybridized carbons (Fsp3) is 0.390. The van der Waals surface area contributed by atoms with E-state index in [1.165, 1.54) is 19.2 Å². The first-order valence-electron chi connectivity index (χ1n) is 19.4. The summed E-state index contributed by atoms with van der Waals surface area (Å²) in [6.07, 6.45) is -3.58. The summed E-state index contributed by atoms with van der Waals surface area (Å²) in [5.41, 5.74) is 1.53. The van der Waals surface area contributed by atoms with Crippen LogP contribution in [0.2, 0.25) is 5.02 Å². The van der Waals surface area contributed by atoms with Crippen LogP contribution < -0.4 is 21.9 Å². The fourth-order valence-corrected chi connectivity index (χ4v) is 8.82. The smallest absolute Gasteiger partial charge is 0.293 e. The van der Waals surface area contributed by atoms with E-state index in [-0.39, 0.29) is 62.8 Å². The molecule has 5 aromatic rings. The monoisotopic (exact) mass is 926 g/mol. The quantitative estimate of drug-likeness (QED) is 0.0540. The summed E-state index contributed by atoms with van der Waals surface area (Å²) in [6.45, 7) is 2.45. The molecule has 22 heteroatoms. The Morgan fingerprint density at radius 3 is 2.40 bits per heavy atom. The van der Waals surface area contributed by atoms with Crippen LogP contribution >= 0.6 is 11.6 Å². The zero-order chi connectivity index (χ0) is 46.1. The number of alkyl halides is 6. The molecule has 0 spiro atoms. The summed E-state index contributed by atoms with van der Waals surface area (Å²) in [6, 6.07) is 6.26. The van der Waals surface area contributed by atoms with Crippen molar-refractivity contribution in [2.24, 2.45) is 22.0 Å². The lowest BCUT2D eigenvalue weighted by Gasteiger charge is -2.26. The molecule has 1 amide bonds. The van der Waals surface area contributed by atoms with E-state index in [2.05, 4.69) is 25.1 Å². The Labute approximate surface area is 359 Å². The van der Waals surface area contributed by atoms with Gasteiger partial charge in [0.25, 0.3) is 33.9 Å². The number of hydrogen-bond donors (Lipinski definition) is 3. The lowest BCUT2D eigenvalue weighted by Crippen LogP contribution is -2.38. The molecule has 3 aromatic carbocycles. The van der Waals surface area contributed by atoms with Crippen LogP contribution in [0.1, 0.15) is 91.0 Å². The molecule has 336 valence electrons. The average Bonchev–Trinajstić information content (AvgIpc) is 3.84. The highest BCUT2D eigenvalue weighted by Crippen LogP contribution is 2.68. The third-order valence-corrected chi connectivity index (χ3v) is 11.8. The number of sulfonamides is 1. The fourth-order valence-electron chi connectivity index (χ4n) is 8.12. The summed E-state index contributed by atoms with van der Waals surface area (Å²) in [4.78, 5) is 33.5. The average molecular weight is 927 g/mol. The first-order valence-corrected chi connectivity index (χ1v) is 21.7. The van der Waals surface area contributed by atoms with Gasteiger partial charge in [-0.3, -0.25) is 18.8 Å². The summed E-state index contributed by atoms with van der Waals surface area (Å²) in [5, 5.41) is 8.61. The van der Waals surface area contributed by atoms with E-state index in [9.17, 15) is 35.6 Å². The van der Waals surface area contributed by atoms with E-state index in [1.54, 1.807) is 13.8 Å². The second kappa shape index (κ2) is 16.5. The molecule has 1 fully saturated rings. The van der Waals surface area contributed by atoms with Gasteiger partial charge >= 0.3 is 0 Å². The maximum absolute atomic E-state index is 15.7. The van der Waals surface area contributed by atoms with Gasteiger partial charge in [0.1, 0.15) is 41.2 Å². The molecule has 0 bridgehead atoms. The van der Waals surface area contributed by atoms with E-state index in [0.29, 0.717) is 10.7 Å². The highest BCUT2D eigenvalue weighted by Gasteiger charge is 2.67. The van der Waals surface area contributed by atoms with E-state index >= 15 is 17.6 Å². The van der Waals surface area contributed by atoms with E-state index in [0.717, 1.165) is 41.2 Å². The first-order chi connectivity index (χ1) is 29.4. The molecule has 3 atom stereocenters. The van der Waals surface area contributed by atoms with Crippen molar-refractivity contribution in [3.8, 4) is 5.69 Å². The van der Waals surface area contributed by atoms with Gasteiger partial charge in [-0.05, 0) is 66.6 Å². The van der Waals surface area contributed by atoms with Crippen molar-refractivity contribution < 1.29 is 48.3 Å². The number of nitrogens with one attached hydrogen (secondary N) is 2. The Kier molecular flexibility index (Phi) is 11.9. The number of benzene rings is 3. The second-order valence-electron chi connectivity index (χ2n) is 16.0. The van der Waals surface area contributed by atoms with Crippen LogP contribution in [0.3, 0.4) is 0 Å². The number of carbonyl (C=O) groups excluding carboxylic acids is 1. The summed E-state index contributed by atoms with van der Waals surface area (Å²) in [7, 11) is -2.79. The van der Waals surface area contributed by atoms with Gasteiger partial charge in [-0.25, -0.2) is 39.7 Å². The lowest BCUT2D eigenvalue weighted by atomic mass is 9.98. The number of nitrogens with zero attached hydrogens (tertiary/aromatic N) is 5. The molecule has 4 N–H and O–H groups in total. The van der Waals surface area contributed by atoms with Crippen LogP contribution in [-0.4, -0.2) is 52.8 Å². The number of nitrogens with two attached hydrogens (primary N) is 1. The molecule has 2 aliphatic carbocycles. The minimum absolute atomic E-state index is 0.0484. The number of aromatic nitrogens is 4. The van der Waals surface area contributed by atoms with E-state index < -0.39 is 117 Å². The van der Waals surface area contributed by atoms with Gasteiger partial charge in [0.2, 0.25) is 5.91 Å². The van der Waals surface area contributed by atoms with Crippen molar-refractivity contribution in [3.63, 3.8) is 0 Å². The number of amides is 1.